The van der Waals surface area contributed by atoms with Gasteiger partial charge in [0.1, 0.15) is 0 Å². The van der Waals surface area contributed by atoms with Gasteiger partial charge in [0.05, 0.1) is 17.6 Å². The molecule has 1 aromatic heterocycles. The number of amides is 2. The molecule has 1 heterocycles. The Bertz CT molecular complexity index is 679. The molecule has 0 radical (unpaired) electrons. The summed E-state index contributed by atoms with van der Waals surface area (Å²) < 4.78 is 0. The van der Waals surface area contributed by atoms with Gasteiger partial charge in [-0.25, -0.2) is 5.43 Å². The molecule has 2 rings (SSSR count). The van der Waals surface area contributed by atoms with Gasteiger partial charge in [0, 0.05) is 19.8 Å². The van der Waals surface area contributed by atoms with E-state index in [1.807, 2.05) is 43.3 Å². The summed E-state index contributed by atoms with van der Waals surface area (Å²) in [6, 6.07) is 11.2. The van der Waals surface area contributed by atoms with Crippen molar-refractivity contribution >= 4 is 35.1 Å². The highest BCUT2D eigenvalue weighted by Gasteiger charge is 2.07. The molecule has 0 aliphatic heterocycles. The molecule has 0 spiro atoms. The molecule has 2 amide bonds. The maximum absolute atomic E-state index is 11.7. The molecule has 6 nitrogen and oxygen atoms in total. The van der Waals surface area contributed by atoms with E-state index in [2.05, 4.69) is 15.8 Å². The predicted molar refractivity (Wildman–Crippen MR) is 93.2 cm³/mol. The molecule has 0 aliphatic rings. The number of nitrogens with one attached hydrogen (secondary N) is 2. The molecule has 0 bridgehead atoms. The first kappa shape index (κ1) is 16.7. The van der Waals surface area contributed by atoms with Gasteiger partial charge >= 0.3 is 0 Å². The quantitative estimate of drug-likeness (QED) is 0.625. The number of thiophene rings is 1. The first-order valence-electron chi connectivity index (χ1n) is 6.97. The standard InChI is InChI=1S/C16H18N4O2S/c1-20(2)13-7-5-12(6-8-13)10-18-19-15(21)11-17-16(22)14-4-3-9-23-14/h3-10H,11H2,1-2H3,(H,17,22)(H,19,21)/b18-10+. The number of anilines is 1. The third kappa shape index (κ3) is 5.23. The van der Waals surface area contributed by atoms with Gasteiger partial charge in [0.2, 0.25) is 0 Å². The van der Waals surface area contributed by atoms with Gasteiger partial charge in [-0.05, 0) is 29.1 Å². The highest BCUT2D eigenvalue weighted by atomic mass is 32.1. The summed E-state index contributed by atoms with van der Waals surface area (Å²) in [5.41, 5.74) is 4.34. The van der Waals surface area contributed by atoms with Crippen LogP contribution in [0.15, 0.2) is 46.9 Å². The molecule has 2 N–H and O–H groups in total. The lowest BCUT2D eigenvalue weighted by Gasteiger charge is -2.11. The van der Waals surface area contributed by atoms with Crippen LogP contribution in [0.1, 0.15) is 15.2 Å². The lowest BCUT2D eigenvalue weighted by Crippen LogP contribution is -2.34. The molecule has 7 heteroatoms. The normalized spacial score (nSPS) is 10.5. The number of hydrazone groups is 1. The summed E-state index contributed by atoms with van der Waals surface area (Å²) in [4.78, 5) is 25.8. The molecule has 0 aliphatic carbocycles. The van der Waals surface area contributed by atoms with Gasteiger partial charge in [-0.15, -0.1) is 11.3 Å². The molecule has 120 valence electrons. The maximum Gasteiger partial charge on any atom is 0.261 e. The molecule has 0 fully saturated rings. The van der Waals surface area contributed by atoms with Gasteiger partial charge in [0.25, 0.3) is 11.8 Å². The molecule has 2 aromatic rings. The SMILES string of the molecule is CN(C)c1ccc(/C=N/NC(=O)CNC(=O)c2cccs2)cc1. The first-order chi connectivity index (χ1) is 11.1. The smallest absolute Gasteiger partial charge is 0.261 e. The molecule has 1 aromatic carbocycles. The second kappa shape index (κ2) is 8.09. The van der Waals surface area contributed by atoms with E-state index in [1.165, 1.54) is 11.3 Å². The van der Waals surface area contributed by atoms with E-state index in [0.717, 1.165) is 11.3 Å². The van der Waals surface area contributed by atoms with Crippen LogP contribution in [0, 0.1) is 0 Å². The van der Waals surface area contributed by atoms with Crippen LogP contribution in [0.4, 0.5) is 5.69 Å². The molecule has 0 unspecified atom stereocenters. The van der Waals surface area contributed by atoms with E-state index in [-0.39, 0.29) is 18.4 Å². The molecule has 23 heavy (non-hydrogen) atoms. The van der Waals surface area contributed by atoms with Gasteiger partial charge in [-0.1, -0.05) is 18.2 Å². The van der Waals surface area contributed by atoms with Crippen molar-refractivity contribution < 1.29 is 9.59 Å². The van der Waals surface area contributed by atoms with E-state index in [1.54, 1.807) is 23.7 Å². The van der Waals surface area contributed by atoms with Crippen LogP contribution in [-0.4, -0.2) is 38.7 Å². The Balaban J connectivity index is 1.76. The number of hydrogen-bond acceptors (Lipinski definition) is 5. The summed E-state index contributed by atoms with van der Waals surface area (Å²) >= 11 is 1.32. The van der Waals surface area contributed by atoms with Gasteiger partial charge in [0.15, 0.2) is 0 Å². The number of nitrogens with zero attached hydrogens (tertiary/aromatic N) is 2. The molecular formula is C16H18N4O2S. The van der Waals surface area contributed by atoms with Crippen molar-refractivity contribution in [1.82, 2.24) is 10.7 Å². The fraction of sp³-hybridized carbons (Fsp3) is 0.188. The Labute approximate surface area is 138 Å². The highest BCUT2D eigenvalue weighted by molar-refractivity contribution is 7.12. The summed E-state index contributed by atoms with van der Waals surface area (Å²) in [6.07, 6.45) is 1.55. The lowest BCUT2D eigenvalue weighted by atomic mass is 10.2. The minimum Gasteiger partial charge on any atom is -0.378 e. The molecule has 0 saturated carbocycles. The van der Waals surface area contributed by atoms with Crippen LogP contribution in [0.3, 0.4) is 0 Å². The monoisotopic (exact) mass is 330 g/mol. The highest BCUT2D eigenvalue weighted by Crippen LogP contribution is 2.10. The first-order valence-corrected chi connectivity index (χ1v) is 7.85. The fourth-order valence-electron chi connectivity index (χ4n) is 1.73. The van der Waals surface area contributed by atoms with E-state index in [4.69, 9.17) is 0 Å². The van der Waals surface area contributed by atoms with Crippen molar-refractivity contribution in [2.24, 2.45) is 5.10 Å². The molecule has 0 saturated heterocycles. The second-order valence-electron chi connectivity index (χ2n) is 4.94. The van der Waals surface area contributed by atoms with Crippen molar-refractivity contribution in [2.45, 2.75) is 0 Å². The Kier molecular flexibility index (Phi) is 5.87. The summed E-state index contributed by atoms with van der Waals surface area (Å²) in [6.45, 7) is -0.117. The van der Waals surface area contributed by atoms with Gasteiger partial charge in [-0.3, -0.25) is 9.59 Å². The number of rotatable bonds is 6. The zero-order valence-electron chi connectivity index (χ0n) is 12.9. The summed E-state index contributed by atoms with van der Waals surface area (Å²) in [5.74, 6) is -0.644. The number of carbonyl (C=O) groups is 2. The zero-order chi connectivity index (χ0) is 16.7. The van der Waals surface area contributed by atoms with Crippen LogP contribution in [0.5, 0.6) is 0 Å². The zero-order valence-corrected chi connectivity index (χ0v) is 13.8. The molecule has 0 atom stereocenters. The van der Waals surface area contributed by atoms with E-state index >= 15 is 0 Å². The van der Waals surface area contributed by atoms with Crippen molar-refractivity contribution in [3.63, 3.8) is 0 Å². The summed E-state index contributed by atoms with van der Waals surface area (Å²) in [5, 5.41) is 8.21. The van der Waals surface area contributed by atoms with E-state index in [9.17, 15) is 9.59 Å². The van der Waals surface area contributed by atoms with Crippen LogP contribution >= 0.6 is 11.3 Å². The number of hydrogen-bond donors (Lipinski definition) is 2. The van der Waals surface area contributed by atoms with Gasteiger partial charge in [-0.2, -0.15) is 5.10 Å². The lowest BCUT2D eigenvalue weighted by molar-refractivity contribution is -0.120. The third-order valence-electron chi connectivity index (χ3n) is 2.97. The van der Waals surface area contributed by atoms with E-state index < -0.39 is 0 Å². The number of carbonyl (C=O) groups excluding carboxylic acids is 2. The third-order valence-corrected chi connectivity index (χ3v) is 3.84. The van der Waals surface area contributed by atoms with Crippen LogP contribution in [0.2, 0.25) is 0 Å². The number of benzene rings is 1. The average molecular weight is 330 g/mol. The fourth-order valence-corrected chi connectivity index (χ4v) is 2.37. The van der Waals surface area contributed by atoms with Gasteiger partial charge < -0.3 is 10.2 Å². The van der Waals surface area contributed by atoms with Crippen molar-refractivity contribution in [3.05, 3.63) is 52.2 Å². The summed E-state index contributed by atoms with van der Waals surface area (Å²) in [7, 11) is 3.93. The van der Waals surface area contributed by atoms with Crippen molar-refractivity contribution in [3.8, 4) is 0 Å². The van der Waals surface area contributed by atoms with Crippen LogP contribution < -0.4 is 15.6 Å². The van der Waals surface area contributed by atoms with Crippen molar-refractivity contribution in [2.75, 3.05) is 25.5 Å². The minimum atomic E-state index is -0.379. The average Bonchev–Trinajstić information content (AvgIpc) is 3.07. The maximum atomic E-state index is 11.7. The van der Waals surface area contributed by atoms with E-state index in [0.29, 0.717) is 4.88 Å². The Hall–Kier alpha value is -2.67. The minimum absolute atomic E-state index is 0.117. The van der Waals surface area contributed by atoms with Crippen molar-refractivity contribution in [1.29, 1.82) is 0 Å². The Morgan fingerprint density at radius 2 is 1.96 bits per heavy atom. The Morgan fingerprint density at radius 1 is 1.22 bits per heavy atom. The second-order valence-corrected chi connectivity index (χ2v) is 5.89. The van der Waals surface area contributed by atoms with Crippen LogP contribution in [0.25, 0.3) is 0 Å². The topological polar surface area (TPSA) is 73.8 Å². The van der Waals surface area contributed by atoms with Crippen LogP contribution in [-0.2, 0) is 4.79 Å². The predicted octanol–water partition coefficient (Wildman–Crippen LogP) is 1.69. The Morgan fingerprint density at radius 3 is 2.57 bits per heavy atom. The largest absolute Gasteiger partial charge is 0.378 e. The molecular weight excluding hydrogens is 312 g/mol.